The lowest BCUT2D eigenvalue weighted by molar-refractivity contribution is -0.115. The Morgan fingerprint density at radius 3 is 2.68 bits per heavy atom. The van der Waals surface area contributed by atoms with Gasteiger partial charge in [-0.15, -0.1) is 0 Å². The van der Waals surface area contributed by atoms with E-state index in [0.29, 0.717) is 21.1 Å². The normalized spacial score (nSPS) is 12.1. The molecule has 0 spiro atoms. The molecule has 2 aromatic carbocycles. The quantitative estimate of drug-likeness (QED) is 0.492. The molecular formula is C20H20ClN3O3S. The maximum Gasteiger partial charge on any atom is 0.262 e. The standard InChI is InChI=1S/C20H20ClN3O3S/c1-13(25)11-24-19(27)16-9-8-14(21)10-17(16)22-20(24)28-12-18(26)23(2)15-6-4-3-5-7-15/h3-10,13,25H,11-12H2,1-2H3/t13-/m1/s1. The van der Waals surface area contributed by atoms with Crippen LogP contribution in [0.5, 0.6) is 0 Å². The summed E-state index contributed by atoms with van der Waals surface area (Å²) in [7, 11) is 1.70. The number of anilines is 1. The van der Waals surface area contributed by atoms with Crippen LogP contribution in [0.4, 0.5) is 5.69 Å². The predicted molar refractivity (Wildman–Crippen MR) is 113 cm³/mol. The predicted octanol–water partition coefficient (Wildman–Crippen LogP) is 3.19. The third-order valence-electron chi connectivity index (χ3n) is 4.17. The van der Waals surface area contributed by atoms with E-state index < -0.39 is 6.10 Å². The van der Waals surface area contributed by atoms with Crippen LogP contribution in [-0.2, 0) is 11.3 Å². The van der Waals surface area contributed by atoms with Gasteiger partial charge in [-0.25, -0.2) is 4.98 Å². The summed E-state index contributed by atoms with van der Waals surface area (Å²) >= 11 is 7.19. The molecule has 0 radical (unpaired) electrons. The number of nitrogens with zero attached hydrogens (tertiary/aromatic N) is 3. The Hall–Kier alpha value is -2.35. The van der Waals surface area contributed by atoms with Crippen LogP contribution in [0.15, 0.2) is 58.5 Å². The molecule has 0 aliphatic heterocycles. The van der Waals surface area contributed by atoms with Crippen molar-refractivity contribution in [2.24, 2.45) is 0 Å². The molecule has 3 rings (SSSR count). The van der Waals surface area contributed by atoms with Gasteiger partial charge < -0.3 is 10.0 Å². The van der Waals surface area contributed by atoms with Crippen LogP contribution < -0.4 is 10.5 Å². The Bertz CT molecular complexity index is 1050. The number of hydrogen-bond donors (Lipinski definition) is 1. The highest BCUT2D eigenvalue weighted by molar-refractivity contribution is 7.99. The van der Waals surface area contributed by atoms with Gasteiger partial charge in [0.05, 0.1) is 29.3 Å². The second kappa shape index (κ2) is 8.77. The van der Waals surface area contributed by atoms with Crippen LogP contribution in [0, 0.1) is 0 Å². The van der Waals surface area contributed by atoms with E-state index in [1.54, 1.807) is 37.1 Å². The number of aliphatic hydroxyl groups is 1. The van der Waals surface area contributed by atoms with Crippen molar-refractivity contribution in [1.82, 2.24) is 9.55 Å². The lowest BCUT2D eigenvalue weighted by atomic mass is 10.2. The number of amides is 1. The molecule has 0 aliphatic rings. The molecule has 0 aliphatic carbocycles. The number of thioether (sulfide) groups is 1. The van der Waals surface area contributed by atoms with E-state index in [-0.39, 0.29) is 23.8 Å². The zero-order valence-corrected chi connectivity index (χ0v) is 17.1. The maximum atomic E-state index is 12.9. The zero-order valence-electron chi connectivity index (χ0n) is 15.5. The van der Waals surface area contributed by atoms with Crippen molar-refractivity contribution >= 4 is 45.9 Å². The van der Waals surface area contributed by atoms with Crippen molar-refractivity contribution in [3.05, 3.63) is 63.9 Å². The molecule has 6 nitrogen and oxygen atoms in total. The zero-order chi connectivity index (χ0) is 20.3. The third kappa shape index (κ3) is 4.55. The number of aromatic nitrogens is 2. The van der Waals surface area contributed by atoms with Gasteiger partial charge in [0.25, 0.3) is 5.56 Å². The van der Waals surface area contributed by atoms with Crippen molar-refractivity contribution in [1.29, 1.82) is 0 Å². The summed E-state index contributed by atoms with van der Waals surface area (Å²) in [5, 5.41) is 11.1. The van der Waals surface area contributed by atoms with E-state index in [4.69, 9.17) is 11.6 Å². The lowest BCUT2D eigenvalue weighted by Gasteiger charge is -2.18. The Morgan fingerprint density at radius 2 is 2.00 bits per heavy atom. The monoisotopic (exact) mass is 417 g/mol. The molecule has 1 N–H and O–H groups in total. The smallest absolute Gasteiger partial charge is 0.262 e. The van der Waals surface area contributed by atoms with Gasteiger partial charge in [-0.1, -0.05) is 41.6 Å². The minimum absolute atomic E-state index is 0.0927. The number of para-hydroxylation sites is 1. The fourth-order valence-corrected chi connectivity index (χ4v) is 3.82. The number of carbonyl (C=O) groups is 1. The van der Waals surface area contributed by atoms with Gasteiger partial charge in [-0.2, -0.15) is 0 Å². The van der Waals surface area contributed by atoms with Gasteiger partial charge in [-0.3, -0.25) is 14.2 Å². The van der Waals surface area contributed by atoms with Crippen molar-refractivity contribution in [2.75, 3.05) is 17.7 Å². The topological polar surface area (TPSA) is 75.4 Å². The largest absolute Gasteiger partial charge is 0.392 e. The van der Waals surface area contributed by atoms with Gasteiger partial charge in [0, 0.05) is 17.8 Å². The second-order valence-corrected chi connectivity index (χ2v) is 7.78. The number of fused-ring (bicyclic) bond motifs is 1. The summed E-state index contributed by atoms with van der Waals surface area (Å²) in [4.78, 5) is 31.5. The fraction of sp³-hybridized carbons (Fsp3) is 0.250. The average Bonchev–Trinajstić information content (AvgIpc) is 2.68. The first-order valence-electron chi connectivity index (χ1n) is 8.69. The fourth-order valence-electron chi connectivity index (χ4n) is 2.73. The molecule has 0 saturated heterocycles. The number of benzene rings is 2. The highest BCUT2D eigenvalue weighted by Crippen LogP contribution is 2.22. The number of hydrogen-bond acceptors (Lipinski definition) is 5. The molecule has 0 saturated carbocycles. The first-order valence-corrected chi connectivity index (χ1v) is 10.1. The molecule has 0 bridgehead atoms. The van der Waals surface area contributed by atoms with E-state index in [9.17, 15) is 14.7 Å². The molecule has 0 fully saturated rings. The highest BCUT2D eigenvalue weighted by Gasteiger charge is 2.17. The van der Waals surface area contributed by atoms with Gasteiger partial charge in [-0.05, 0) is 37.3 Å². The molecule has 1 amide bonds. The second-order valence-electron chi connectivity index (χ2n) is 6.40. The average molecular weight is 418 g/mol. The van der Waals surface area contributed by atoms with Crippen LogP contribution >= 0.6 is 23.4 Å². The van der Waals surface area contributed by atoms with Gasteiger partial charge >= 0.3 is 0 Å². The van der Waals surface area contributed by atoms with Crippen molar-refractivity contribution in [3.8, 4) is 0 Å². The van der Waals surface area contributed by atoms with E-state index in [0.717, 1.165) is 17.4 Å². The number of aliphatic hydroxyl groups excluding tert-OH is 1. The van der Waals surface area contributed by atoms with Crippen molar-refractivity contribution in [3.63, 3.8) is 0 Å². The Kier molecular flexibility index (Phi) is 6.39. The molecular weight excluding hydrogens is 398 g/mol. The minimum Gasteiger partial charge on any atom is -0.392 e. The van der Waals surface area contributed by atoms with Crippen LogP contribution in [0.25, 0.3) is 10.9 Å². The van der Waals surface area contributed by atoms with E-state index in [1.165, 1.54) is 4.57 Å². The summed E-state index contributed by atoms with van der Waals surface area (Å²) in [6, 6.07) is 14.2. The van der Waals surface area contributed by atoms with Crippen LogP contribution in [0.1, 0.15) is 6.92 Å². The van der Waals surface area contributed by atoms with E-state index in [1.807, 2.05) is 30.3 Å². The summed E-state index contributed by atoms with van der Waals surface area (Å²) < 4.78 is 1.40. The Morgan fingerprint density at radius 1 is 1.29 bits per heavy atom. The minimum atomic E-state index is -0.730. The van der Waals surface area contributed by atoms with Gasteiger partial charge in [0.2, 0.25) is 5.91 Å². The Balaban J connectivity index is 1.90. The third-order valence-corrected chi connectivity index (χ3v) is 5.37. The molecule has 1 atom stereocenters. The molecule has 146 valence electrons. The molecule has 1 heterocycles. The SMILES string of the molecule is C[C@@H](O)Cn1c(SCC(=O)N(C)c2ccccc2)nc2cc(Cl)ccc2c1=O. The molecule has 0 unspecified atom stereocenters. The number of halogens is 1. The summed E-state index contributed by atoms with van der Waals surface area (Å²) in [5.74, 6) is -0.0239. The molecule has 28 heavy (non-hydrogen) atoms. The summed E-state index contributed by atoms with van der Waals surface area (Å²) in [6.07, 6.45) is -0.730. The van der Waals surface area contributed by atoms with Gasteiger partial charge in [0.15, 0.2) is 5.16 Å². The van der Waals surface area contributed by atoms with E-state index >= 15 is 0 Å². The Labute approximate surface area is 171 Å². The van der Waals surface area contributed by atoms with Crippen LogP contribution in [0.3, 0.4) is 0 Å². The van der Waals surface area contributed by atoms with Crippen LogP contribution in [-0.4, -0.2) is 39.5 Å². The highest BCUT2D eigenvalue weighted by atomic mass is 35.5. The van der Waals surface area contributed by atoms with Crippen molar-refractivity contribution in [2.45, 2.75) is 24.7 Å². The summed E-state index contributed by atoms with van der Waals surface area (Å²) in [5.41, 5.74) is 0.979. The molecule has 1 aromatic heterocycles. The molecule has 8 heteroatoms. The number of carbonyl (C=O) groups excluding carboxylic acids is 1. The molecule has 3 aromatic rings. The first-order chi connectivity index (χ1) is 13.4. The van der Waals surface area contributed by atoms with E-state index in [2.05, 4.69) is 4.98 Å². The van der Waals surface area contributed by atoms with Crippen molar-refractivity contribution < 1.29 is 9.90 Å². The van der Waals surface area contributed by atoms with Crippen LogP contribution in [0.2, 0.25) is 5.02 Å². The maximum absolute atomic E-state index is 12.9. The van der Waals surface area contributed by atoms with Gasteiger partial charge in [0.1, 0.15) is 0 Å². The first kappa shape index (κ1) is 20.4. The lowest BCUT2D eigenvalue weighted by Crippen LogP contribution is -2.30. The summed E-state index contributed by atoms with van der Waals surface area (Å²) in [6.45, 7) is 1.69. The number of rotatable bonds is 6.